The van der Waals surface area contributed by atoms with Crippen LogP contribution in [0.15, 0.2) is 30.3 Å². The lowest BCUT2D eigenvalue weighted by Crippen LogP contribution is -2.51. The van der Waals surface area contributed by atoms with E-state index in [0.29, 0.717) is 12.8 Å². The topological polar surface area (TPSA) is 76.1 Å². The molecule has 6 heteroatoms. The number of carbonyl (C=O) groups excluding carboxylic acids is 1. The fourth-order valence-corrected chi connectivity index (χ4v) is 3.33. The molecule has 144 valence electrons. The van der Waals surface area contributed by atoms with E-state index < -0.39 is 23.4 Å². The van der Waals surface area contributed by atoms with Crippen LogP contribution in [0.2, 0.25) is 0 Å². The maximum atomic E-state index is 12.9. The van der Waals surface area contributed by atoms with Crippen LogP contribution in [0.25, 0.3) is 0 Å². The van der Waals surface area contributed by atoms with Crippen molar-refractivity contribution in [3.63, 3.8) is 0 Å². The summed E-state index contributed by atoms with van der Waals surface area (Å²) in [6.07, 6.45) is 0.104. The summed E-state index contributed by atoms with van der Waals surface area (Å²) in [5.74, 6) is -0.874. The number of hydrogen-bond acceptors (Lipinski definition) is 4. The first-order chi connectivity index (χ1) is 12.0. The van der Waals surface area contributed by atoms with Gasteiger partial charge in [0.25, 0.3) is 0 Å². The van der Waals surface area contributed by atoms with Gasteiger partial charge in [0.05, 0.1) is 12.1 Å². The molecule has 0 aliphatic carbocycles. The predicted octanol–water partition coefficient (Wildman–Crippen LogP) is 3.83. The minimum atomic E-state index is -0.874. The van der Waals surface area contributed by atoms with Crippen LogP contribution in [0.4, 0.5) is 4.79 Å². The molecule has 26 heavy (non-hydrogen) atoms. The highest BCUT2D eigenvalue weighted by molar-refractivity contribution is 5.70. The summed E-state index contributed by atoms with van der Waals surface area (Å²) in [6, 6.07) is 9.52. The summed E-state index contributed by atoms with van der Waals surface area (Å²) < 4.78 is 11.7. The third-order valence-electron chi connectivity index (χ3n) is 4.30. The van der Waals surface area contributed by atoms with E-state index in [1.165, 1.54) is 0 Å². The third-order valence-corrected chi connectivity index (χ3v) is 4.30. The van der Waals surface area contributed by atoms with Gasteiger partial charge in [-0.25, -0.2) is 4.79 Å². The molecule has 0 spiro atoms. The molecule has 0 radical (unpaired) electrons. The van der Waals surface area contributed by atoms with Crippen molar-refractivity contribution in [3.8, 4) is 0 Å². The second-order valence-electron chi connectivity index (χ2n) is 8.14. The van der Waals surface area contributed by atoms with Crippen LogP contribution in [0, 0.1) is 0 Å². The van der Waals surface area contributed by atoms with Gasteiger partial charge in [-0.3, -0.25) is 9.69 Å². The highest BCUT2D eigenvalue weighted by Gasteiger charge is 2.50. The number of aliphatic carboxylic acids is 1. The lowest BCUT2D eigenvalue weighted by molar-refractivity contribution is -0.138. The molecule has 2 atom stereocenters. The number of ether oxygens (including phenoxy) is 2. The van der Waals surface area contributed by atoms with Gasteiger partial charge in [-0.15, -0.1) is 0 Å². The van der Waals surface area contributed by atoms with Gasteiger partial charge in [0.15, 0.2) is 0 Å². The first-order valence-electron chi connectivity index (χ1n) is 8.95. The first kappa shape index (κ1) is 20.2. The lowest BCUT2D eigenvalue weighted by atomic mass is 9.97. The predicted molar refractivity (Wildman–Crippen MR) is 97.8 cm³/mol. The Hall–Kier alpha value is -2.08. The van der Waals surface area contributed by atoms with Gasteiger partial charge in [-0.2, -0.15) is 0 Å². The molecule has 0 aromatic heterocycles. The molecule has 1 aromatic rings. The Morgan fingerprint density at radius 3 is 2.38 bits per heavy atom. The summed E-state index contributed by atoms with van der Waals surface area (Å²) in [5.41, 5.74) is -0.429. The van der Waals surface area contributed by atoms with E-state index in [0.717, 1.165) is 5.56 Å². The van der Waals surface area contributed by atoms with Gasteiger partial charge in [-0.1, -0.05) is 30.3 Å². The van der Waals surface area contributed by atoms with Crippen molar-refractivity contribution >= 4 is 12.1 Å². The second kappa shape index (κ2) is 7.66. The maximum Gasteiger partial charge on any atom is 0.412 e. The highest BCUT2D eigenvalue weighted by Crippen LogP contribution is 2.37. The number of carboxylic acid groups (broad SMARTS) is 1. The van der Waals surface area contributed by atoms with Crippen molar-refractivity contribution in [2.75, 3.05) is 0 Å². The molecule has 1 aliphatic heterocycles. The minimum absolute atomic E-state index is 0.00576. The zero-order valence-electron chi connectivity index (χ0n) is 16.2. The van der Waals surface area contributed by atoms with Gasteiger partial charge in [-0.05, 0) is 53.0 Å². The van der Waals surface area contributed by atoms with E-state index >= 15 is 0 Å². The standard InChI is InChI=1S/C20H29NO5/c1-19(2,3)26-18(24)21-15(13-14-9-7-6-8-10-14)16(11-12-17(22)23)25-20(21,4)5/h6-10,15-16H,11-13H2,1-5H3,(H,22,23)/t15-,16-/m0/s1. The molecule has 1 saturated heterocycles. The van der Waals surface area contributed by atoms with Crippen molar-refractivity contribution in [2.45, 2.75) is 77.4 Å². The molecule has 1 aromatic carbocycles. The lowest BCUT2D eigenvalue weighted by Gasteiger charge is -2.35. The molecular weight excluding hydrogens is 334 g/mol. The van der Waals surface area contributed by atoms with E-state index in [-0.39, 0.29) is 18.6 Å². The molecule has 1 amide bonds. The molecule has 0 saturated carbocycles. The second-order valence-corrected chi connectivity index (χ2v) is 8.14. The number of carboxylic acids is 1. The van der Waals surface area contributed by atoms with E-state index in [1.54, 1.807) is 4.90 Å². The fraction of sp³-hybridized carbons (Fsp3) is 0.600. The van der Waals surface area contributed by atoms with Gasteiger partial charge in [0.2, 0.25) is 0 Å². The molecule has 1 heterocycles. The van der Waals surface area contributed by atoms with Crippen molar-refractivity contribution < 1.29 is 24.2 Å². The SMILES string of the molecule is CC(C)(C)OC(=O)N1[C@@H](Cc2ccccc2)[C@H](CCC(=O)O)OC1(C)C. The van der Waals surface area contributed by atoms with Gasteiger partial charge in [0, 0.05) is 6.42 Å². The van der Waals surface area contributed by atoms with Crippen LogP contribution in [-0.4, -0.2) is 45.5 Å². The molecule has 2 rings (SSSR count). The van der Waals surface area contributed by atoms with Crippen molar-refractivity contribution in [2.24, 2.45) is 0 Å². The summed E-state index contributed by atoms with van der Waals surface area (Å²) in [5, 5.41) is 9.05. The van der Waals surface area contributed by atoms with Crippen LogP contribution in [-0.2, 0) is 20.7 Å². The molecule has 1 aliphatic rings. The molecule has 1 fully saturated rings. The molecule has 0 unspecified atom stereocenters. The normalized spacial score (nSPS) is 22.3. The van der Waals surface area contributed by atoms with Crippen molar-refractivity contribution in [1.29, 1.82) is 0 Å². The summed E-state index contributed by atoms with van der Waals surface area (Å²) >= 11 is 0. The highest BCUT2D eigenvalue weighted by atomic mass is 16.6. The number of nitrogens with zero attached hydrogens (tertiary/aromatic N) is 1. The van der Waals surface area contributed by atoms with Crippen molar-refractivity contribution in [3.05, 3.63) is 35.9 Å². The quantitative estimate of drug-likeness (QED) is 0.860. The monoisotopic (exact) mass is 363 g/mol. The number of amides is 1. The third kappa shape index (κ3) is 5.21. The zero-order chi connectivity index (χ0) is 19.5. The largest absolute Gasteiger partial charge is 0.481 e. The van der Waals surface area contributed by atoms with E-state index in [2.05, 4.69) is 0 Å². The Kier molecular flexibility index (Phi) is 5.96. The van der Waals surface area contributed by atoms with Gasteiger partial charge < -0.3 is 14.6 Å². The Morgan fingerprint density at radius 2 is 1.85 bits per heavy atom. The van der Waals surface area contributed by atoms with Crippen LogP contribution in [0.1, 0.15) is 53.0 Å². The average Bonchev–Trinajstić information content (AvgIpc) is 2.74. The Bertz CT molecular complexity index is 635. The van der Waals surface area contributed by atoms with Crippen LogP contribution < -0.4 is 0 Å². The maximum absolute atomic E-state index is 12.9. The van der Waals surface area contributed by atoms with Gasteiger partial charge >= 0.3 is 12.1 Å². The Morgan fingerprint density at radius 1 is 1.23 bits per heavy atom. The molecule has 6 nitrogen and oxygen atoms in total. The average molecular weight is 363 g/mol. The minimum Gasteiger partial charge on any atom is -0.481 e. The number of rotatable bonds is 5. The van der Waals surface area contributed by atoms with E-state index in [1.807, 2.05) is 65.0 Å². The number of benzene rings is 1. The van der Waals surface area contributed by atoms with Crippen LogP contribution in [0.5, 0.6) is 0 Å². The van der Waals surface area contributed by atoms with E-state index in [9.17, 15) is 9.59 Å². The van der Waals surface area contributed by atoms with Gasteiger partial charge in [0.1, 0.15) is 11.3 Å². The number of carbonyl (C=O) groups is 2. The number of hydrogen-bond donors (Lipinski definition) is 1. The Balaban J connectivity index is 2.30. The first-order valence-corrected chi connectivity index (χ1v) is 8.95. The summed E-state index contributed by atoms with van der Waals surface area (Å²) in [4.78, 5) is 25.5. The molecule has 1 N–H and O–H groups in total. The van der Waals surface area contributed by atoms with Crippen LogP contribution in [0.3, 0.4) is 0 Å². The molecular formula is C20H29NO5. The van der Waals surface area contributed by atoms with E-state index in [4.69, 9.17) is 14.6 Å². The fourth-order valence-electron chi connectivity index (χ4n) is 3.33. The van der Waals surface area contributed by atoms with Crippen LogP contribution >= 0.6 is 0 Å². The zero-order valence-corrected chi connectivity index (χ0v) is 16.2. The summed E-state index contributed by atoms with van der Waals surface area (Å²) in [7, 11) is 0. The molecule has 0 bridgehead atoms. The van der Waals surface area contributed by atoms with Crippen molar-refractivity contribution in [1.82, 2.24) is 4.90 Å². The Labute approximate surface area is 155 Å². The smallest absolute Gasteiger partial charge is 0.412 e. The summed E-state index contributed by atoms with van der Waals surface area (Å²) in [6.45, 7) is 9.10.